The van der Waals surface area contributed by atoms with Crippen LogP contribution in [0.5, 0.6) is 0 Å². The van der Waals surface area contributed by atoms with Gasteiger partial charge in [0, 0.05) is 18.3 Å². The van der Waals surface area contributed by atoms with Crippen LogP contribution in [0, 0.1) is 12.8 Å². The average molecular weight is 276 g/mol. The van der Waals surface area contributed by atoms with Gasteiger partial charge in [0.25, 0.3) is 0 Å². The molecule has 1 heterocycles. The Labute approximate surface area is 121 Å². The van der Waals surface area contributed by atoms with Crippen molar-refractivity contribution in [3.63, 3.8) is 0 Å². The number of aliphatic imine (C=N–C) groups is 1. The summed E-state index contributed by atoms with van der Waals surface area (Å²) in [6.45, 7) is 7.58. The van der Waals surface area contributed by atoms with Crippen LogP contribution >= 0.6 is 11.8 Å². The van der Waals surface area contributed by atoms with Crippen molar-refractivity contribution in [1.29, 1.82) is 0 Å². The van der Waals surface area contributed by atoms with E-state index in [9.17, 15) is 0 Å². The molecule has 1 fully saturated rings. The summed E-state index contributed by atoms with van der Waals surface area (Å²) in [5.41, 5.74) is 2.71. The standard InChI is InChI=1S/C16H24N2S/c1-12(2)9-15-11-19-16(18-15)17-8-7-14-6-4-5-13(3)10-14/h4-6,10,12,15H,7-9,11H2,1-3H3,(H,17,18). The number of nitrogens with one attached hydrogen (secondary N) is 1. The summed E-state index contributed by atoms with van der Waals surface area (Å²) in [5, 5.41) is 4.67. The molecule has 0 radical (unpaired) electrons. The van der Waals surface area contributed by atoms with Gasteiger partial charge in [-0.1, -0.05) is 55.4 Å². The van der Waals surface area contributed by atoms with Gasteiger partial charge in [0.05, 0.1) is 0 Å². The topological polar surface area (TPSA) is 24.4 Å². The number of hydrogen-bond donors (Lipinski definition) is 1. The number of hydrogen-bond acceptors (Lipinski definition) is 2. The molecule has 1 N–H and O–H groups in total. The van der Waals surface area contributed by atoms with E-state index in [1.54, 1.807) is 0 Å². The summed E-state index contributed by atoms with van der Waals surface area (Å²) >= 11 is 1.87. The molecule has 0 aromatic heterocycles. The van der Waals surface area contributed by atoms with Gasteiger partial charge < -0.3 is 5.32 Å². The second kappa shape index (κ2) is 6.99. The number of amidine groups is 1. The van der Waals surface area contributed by atoms with Gasteiger partial charge in [-0.05, 0) is 31.2 Å². The van der Waals surface area contributed by atoms with Crippen molar-refractivity contribution >= 4 is 16.9 Å². The van der Waals surface area contributed by atoms with E-state index < -0.39 is 0 Å². The fraction of sp³-hybridized carbons (Fsp3) is 0.562. The third-order valence-electron chi connectivity index (χ3n) is 3.24. The molecular weight excluding hydrogens is 252 g/mol. The predicted octanol–water partition coefficient (Wildman–Crippen LogP) is 3.64. The quantitative estimate of drug-likeness (QED) is 0.888. The molecule has 1 saturated heterocycles. The molecule has 1 aromatic rings. The molecule has 0 saturated carbocycles. The van der Waals surface area contributed by atoms with E-state index in [0.29, 0.717) is 6.04 Å². The van der Waals surface area contributed by atoms with Crippen molar-refractivity contribution in [2.75, 3.05) is 12.3 Å². The highest BCUT2D eigenvalue weighted by molar-refractivity contribution is 8.14. The fourth-order valence-electron chi connectivity index (χ4n) is 2.38. The first kappa shape index (κ1) is 14.4. The minimum Gasteiger partial charge on any atom is -0.361 e. The fourth-order valence-corrected chi connectivity index (χ4v) is 3.39. The van der Waals surface area contributed by atoms with Crippen LogP contribution in [-0.4, -0.2) is 23.5 Å². The first-order valence-electron chi connectivity index (χ1n) is 7.13. The van der Waals surface area contributed by atoms with Gasteiger partial charge in [-0.25, -0.2) is 0 Å². The van der Waals surface area contributed by atoms with Crippen molar-refractivity contribution < 1.29 is 0 Å². The van der Waals surface area contributed by atoms with Gasteiger partial charge in [0.1, 0.15) is 0 Å². The van der Waals surface area contributed by atoms with Gasteiger partial charge in [0.2, 0.25) is 0 Å². The van der Waals surface area contributed by atoms with Crippen LogP contribution in [0.1, 0.15) is 31.4 Å². The van der Waals surface area contributed by atoms with Crippen molar-refractivity contribution in [1.82, 2.24) is 5.32 Å². The van der Waals surface area contributed by atoms with Gasteiger partial charge in [-0.2, -0.15) is 0 Å². The summed E-state index contributed by atoms with van der Waals surface area (Å²) in [7, 11) is 0. The second-order valence-electron chi connectivity index (χ2n) is 5.71. The van der Waals surface area contributed by atoms with Crippen LogP contribution in [0.2, 0.25) is 0 Å². The molecule has 1 aliphatic heterocycles. The largest absolute Gasteiger partial charge is 0.361 e. The smallest absolute Gasteiger partial charge is 0.156 e. The molecule has 0 aliphatic carbocycles. The van der Waals surface area contributed by atoms with E-state index in [1.165, 1.54) is 23.3 Å². The van der Waals surface area contributed by atoms with E-state index in [4.69, 9.17) is 0 Å². The Morgan fingerprint density at radius 1 is 1.42 bits per heavy atom. The van der Waals surface area contributed by atoms with E-state index >= 15 is 0 Å². The van der Waals surface area contributed by atoms with Crippen LogP contribution < -0.4 is 5.32 Å². The molecule has 1 unspecified atom stereocenters. The molecule has 3 heteroatoms. The first-order chi connectivity index (χ1) is 9.13. The van der Waals surface area contributed by atoms with Gasteiger partial charge in [-0.3, -0.25) is 4.99 Å². The van der Waals surface area contributed by atoms with Crippen molar-refractivity contribution in [2.24, 2.45) is 10.9 Å². The van der Waals surface area contributed by atoms with E-state index in [-0.39, 0.29) is 0 Å². The van der Waals surface area contributed by atoms with Crippen LogP contribution in [0.4, 0.5) is 0 Å². The summed E-state index contributed by atoms with van der Waals surface area (Å²) in [6.07, 6.45) is 2.27. The minimum atomic E-state index is 0.614. The first-order valence-corrected chi connectivity index (χ1v) is 8.11. The number of nitrogens with zero attached hydrogens (tertiary/aromatic N) is 1. The zero-order valence-corrected chi connectivity index (χ0v) is 13.0. The van der Waals surface area contributed by atoms with Crippen molar-refractivity contribution in [3.8, 4) is 0 Å². The monoisotopic (exact) mass is 276 g/mol. The Bertz CT molecular complexity index is 440. The number of benzene rings is 1. The maximum absolute atomic E-state index is 4.67. The van der Waals surface area contributed by atoms with Crippen LogP contribution in [0.3, 0.4) is 0 Å². The Kier molecular flexibility index (Phi) is 5.32. The summed E-state index contributed by atoms with van der Waals surface area (Å²) in [6, 6.07) is 9.31. The van der Waals surface area contributed by atoms with Gasteiger partial charge in [0.15, 0.2) is 5.17 Å². The highest BCUT2D eigenvalue weighted by atomic mass is 32.2. The van der Waals surface area contributed by atoms with E-state index in [0.717, 1.165) is 24.1 Å². The number of rotatable bonds is 5. The molecule has 0 bridgehead atoms. The zero-order valence-electron chi connectivity index (χ0n) is 12.1. The summed E-state index contributed by atoms with van der Waals surface area (Å²) < 4.78 is 0. The van der Waals surface area contributed by atoms with Crippen LogP contribution in [0.25, 0.3) is 0 Å². The summed E-state index contributed by atoms with van der Waals surface area (Å²) in [4.78, 5) is 4.67. The predicted molar refractivity (Wildman–Crippen MR) is 86.0 cm³/mol. The molecule has 19 heavy (non-hydrogen) atoms. The lowest BCUT2D eigenvalue weighted by atomic mass is 10.1. The third-order valence-corrected chi connectivity index (χ3v) is 4.33. The Morgan fingerprint density at radius 3 is 3.00 bits per heavy atom. The third kappa shape index (κ3) is 4.90. The van der Waals surface area contributed by atoms with Crippen LogP contribution in [0.15, 0.2) is 29.3 Å². The Hall–Kier alpha value is -0.960. The highest BCUT2D eigenvalue weighted by Crippen LogP contribution is 2.19. The maximum atomic E-state index is 4.67. The molecule has 1 aliphatic rings. The van der Waals surface area contributed by atoms with Gasteiger partial charge in [-0.15, -0.1) is 0 Å². The highest BCUT2D eigenvalue weighted by Gasteiger charge is 2.20. The lowest BCUT2D eigenvalue weighted by molar-refractivity contribution is 0.502. The lowest BCUT2D eigenvalue weighted by Gasteiger charge is -2.11. The lowest BCUT2D eigenvalue weighted by Crippen LogP contribution is -2.28. The van der Waals surface area contributed by atoms with E-state index in [1.807, 2.05) is 11.8 Å². The maximum Gasteiger partial charge on any atom is 0.156 e. The summed E-state index contributed by atoms with van der Waals surface area (Å²) in [5.74, 6) is 1.92. The average Bonchev–Trinajstić information content (AvgIpc) is 2.76. The number of thioether (sulfide) groups is 1. The second-order valence-corrected chi connectivity index (χ2v) is 6.72. The molecule has 1 atom stereocenters. The number of aryl methyl sites for hydroxylation is 1. The molecule has 0 spiro atoms. The van der Waals surface area contributed by atoms with E-state index in [2.05, 4.69) is 55.3 Å². The van der Waals surface area contributed by atoms with Crippen molar-refractivity contribution in [3.05, 3.63) is 35.4 Å². The molecule has 1 aromatic carbocycles. The minimum absolute atomic E-state index is 0.614. The molecule has 2 rings (SSSR count). The molecule has 2 nitrogen and oxygen atoms in total. The molecule has 104 valence electrons. The van der Waals surface area contributed by atoms with Crippen molar-refractivity contribution in [2.45, 2.75) is 39.7 Å². The molecular formula is C16H24N2S. The normalized spacial score (nSPS) is 21.1. The van der Waals surface area contributed by atoms with Gasteiger partial charge >= 0.3 is 0 Å². The zero-order chi connectivity index (χ0) is 13.7. The Morgan fingerprint density at radius 2 is 2.26 bits per heavy atom. The molecule has 0 amide bonds. The van der Waals surface area contributed by atoms with Crippen LogP contribution in [-0.2, 0) is 6.42 Å². The Balaban J connectivity index is 1.77. The SMILES string of the molecule is Cc1cccc(CCN=C2NC(CC(C)C)CS2)c1.